The summed E-state index contributed by atoms with van der Waals surface area (Å²) >= 11 is 0. The summed E-state index contributed by atoms with van der Waals surface area (Å²) in [5.41, 5.74) is 0.924. The number of rotatable bonds is 6. The SMILES string of the molecule is CC(C)Cn1ccnc1NC(=O)CNc1ccccc1. The molecule has 0 saturated carbocycles. The Labute approximate surface area is 119 Å². The summed E-state index contributed by atoms with van der Waals surface area (Å²) in [5.74, 6) is 0.992. The van der Waals surface area contributed by atoms with Crippen LogP contribution in [-0.2, 0) is 11.3 Å². The minimum absolute atomic E-state index is 0.106. The summed E-state index contributed by atoms with van der Waals surface area (Å²) < 4.78 is 1.95. The van der Waals surface area contributed by atoms with Crippen molar-refractivity contribution < 1.29 is 4.79 Å². The van der Waals surface area contributed by atoms with E-state index in [9.17, 15) is 4.79 Å². The number of amides is 1. The minimum atomic E-state index is -0.106. The second-order valence-corrected chi connectivity index (χ2v) is 5.06. The van der Waals surface area contributed by atoms with E-state index in [0.29, 0.717) is 11.9 Å². The third-order valence-corrected chi connectivity index (χ3v) is 2.76. The van der Waals surface area contributed by atoms with Gasteiger partial charge < -0.3 is 9.88 Å². The van der Waals surface area contributed by atoms with Gasteiger partial charge in [-0.1, -0.05) is 32.0 Å². The van der Waals surface area contributed by atoms with E-state index >= 15 is 0 Å². The number of nitrogens with one attached hydrogen (secondary N) is 2. The van der Waals surface area contributed by atoms with Crippen molar-refractivity contribution in [2.24, 2.45) is 5.92 Å². The van der Waals surface area contributed by atoms with Crippen LogP contribution in [0.15, 0.2) is 42.7 Å². The van der Waals surface area contributed by atoms with E-state index < -0.39 is 0 Å². The summed E-state index contributed by atoms with van der Waals surface area (Å²) in [6.45, 7) is 5.31. The molecule has 0 aliphatic heterocycles. The molecule has 1 amide bonds. The topological polar surface area (TPSA) is 59.0 Å². The molecule has 2 aromatic rings. The van der Waals surface area contributed by atoms with Crippen molar-refractivity contribution in [1.29, 1.82) is 0 Å². The molecule has 0 radical (unpaired) electrons. The Hall–Kier alpha value is -2.30. The molecule has 5 nitrogen and oxygen atoms in total. The fraction of sp³-hybridized carbons (Fsp3) is 0.333. The molecule has 0 atom stereocenters. The number of nitrogens with zero attached hydrogens (tertiary/aromatic N) is 2. The van der Waals surface area contributed by atoms with Gasteiger partial charge in [0.25, 0.3) is 0 Å². The van der Waals surface area contributed by atoms with Crippen LogP contribution in [0, 0.1) is 5.92 Å². The Kier molecular flexibility index (Phi) is 4.76. The van der Waals surface area contributed by atoms with Crippen molar-refractivity contribution in [3.63, 3.8) is 0 Å². The van der Waals surface area contributed by atoms with Gasteiger partial charge >= 0.3 is 0 Å². The van der Waals surface area contributed by atoms with Crippen molar-refractivity contribution in [2.45, 2.75) is 20.4 Å². The lowest BCUT2D eigenvalue weighted by atomic mass is 10.2. The zero-order valence-electron chi connectivity index (χ0n) is 11.8. The normalized spacial score (nSPS) is 10.6. The molecule has 2 rings (SSSR count). The Morgan fingerprint density at radius 1 is 1.30 bits per heavy atom. The standard InChI is InChI=1S/C15H20N4O/c1-12(2)11-19-9-8-16-15(19)18-14(20)10-17-13-6-4-3-5-7-13/h3-9,12,17H,10-11H2,1-2H3,(H,16,18,20). The van der Waals surface area contributed by atoms with Crippen LogP contribution in [0.3, 0.4) is 0 Å². The van der Waals surface area contributed by atoms with Gasteiger partial charge in [-0.25, -0.2) is 4.98 Å². The summed E-state index contributed by atoms with van der Waals surface area (Å²) in [7, 11) is 0. The molecule has 0 aliphatic rings. The number of imidazole rings is 1. The molecule has 20 heavy (non-hydrogen) atoms. The molecule has 2 N–H and O–H groups in total. The van der Waals surface area contributed by atoms with Crippen LogP contribution in [0.1, 0.15) is 13.8 Å². The second-order valence-electron chi connectivity index (χ2n) is 5.06. The van der Waals surface area contributed by atoms with Crippen LogP contribution in [0.4, 0.5) is 11.6 Å². The minimum Gasteiger partial charge on any atom is -0.376 e. The molecular formula is C15H20N4O. The number of anilines is 2. The van der Waals surface area contributed by atoms with Crippen LogP contribution >= 0.6 is 0 Å². The highest BCUT2D eigenvalue weighted by Gasteiger charge is 2.08. The first-order valence-electron chi connectivity index (χ1n) is 6.75. The maximum atomic E-state index is 11.9. The summed E-state index contributed by atoms with van der Waals surface area (Å²) in [6.07, 6.45) is 3.57. The van der Waals surface area contributed by atoms with E-state index in [0.717, 1.165) is 12.2 Å². The second kappa shape index (κ2) is 6.75. The van der Waals surface area contributed by atoms with Crippen LogP contribution in [0.25, 0.3) is 0 Å². The third kappa shape index (κ3) is 4.12. The number of aromatic nitrogens is 2. The fourth-order valence-corrected chi connectivity index (χ4v) is 1.88. The first-order valence-corrected chi connectivity index (χ1v) is 6.75. The Morgan fingerprint density at radius 2 is 2.05 bits per heavy atom. The predicted molar refractivity (Wildman–Crippen MR) is 80.6 cm³/mol. The molecule has 0 saturated heterocycles. The molecule has 0 spiro atoms. The number of benzene rings is 1. The maximum absolute atomic E-state index is 11.9. The van der Waals surface area contributed by atoms with Crippen molar-refractivity contribution in [1.82, 2.24) is 9.55 Å². The molecule has 106 valence electrons. The van der Waals surface area contributed by atoms with E-state index in [1.54, 1.807) is 6.20 Å². The average Bonchev–Trinajstić information content (AvgIpc) is 2.84. The van der Waals surface area contributed by atoms with Crippen LogP contribution < -0.4 is 10.6 Å². The number of hydrogen-bond acceptors (Lipinski definition) is 3. The van der Waals surface area contributed by atoms with Crippen LogP contribution in [0.2, 0.25) is 0 Å². The van der Waals surface area contributed by atoms with E-state index in [4.69, 9.17) is 0 Å². The predicted octanol–water partition coefficient (Wildman–Crippen LogP) is 2.59. The van der Waals surface area contributed by atoms with Gasteiger partial charge in [0.1, 0.15) is 0 Å². The summed E-state index contributed by atoms with van der Waals surface area (Å²) in [5, 5.41) is 5.88. The lowest BCUT2D eigenvalue weighted by molar-refractivity contribution is -0.114. The first kappa shape index (κ1) is 14.1. The molecule has 1 heterocycles. The largest absolute Gasteiger partial charge is 0.376 e. The number of para-hydroxylation sites is 1. The van der Waals surface area contributed by atoms with Crippen molar-refractivity contribution in [3.8, 4) is 0 Å². The highest BCUT2D eigenvalue weighted by molar-refractivity contribution is 5.92. The van der Waals surface area contributed by atoms with E-state index in [-0.39, 0.29) is 12.5 Å². The van der Waals surface area contributed by atoms with Gasteiger partial charge in [0.05, 0.1) is 6.54 Å². The van der Waals surface area contributed by atoms with Crippen molar-refractivity contribution in [3.05, 3.63) is 42.7 Å². The van der Waals surface area contributed by atoms with Crippen LogP contribution in [-0.4, -0.2) is 22.0 Å². The van der Waals surface area contributed by atoms with Gasteiger partial charge in [-0.2, -0.15) is 0 Å². The van der Waals surface area contributed by atoms with Gasteiger partial charge in [0.15, 0.2) is 0 Å². The van der Waals surface area contributed by atoms with Crippen molar-refractivity contribution in [2.75, 3.05) is 17.2 Å². The quantitative estimate of drug-likeness (QED) is 0.849. The van der Waals surface area contributed by atoms with Crippen LogP contribution in [0.5, 0.6) is 0 Å². The lowest BCUT2D eigenvalue weighted by Gasteiger charge is -2.11. The molecule has 0 unspecified atom stereocenters. The molecule has 0 aliphatic carbocycles. The highest BCUT2D eigenvalue weighted by atomic mass is 16.2. The van der Waals surface area contributed by atoms with E-state index in [2.05, 4.69) is 29.5 Å². The average molecular weight is 272 g/mol. The molecule has 0 bridgehead atoms. The van der Waals surface area contributed by atoms with E-state index in [1.807, 2.05) is 41.1 Å². The van der Waals surface area contributed by atoms with Gasteiger partial charge in [-0.3, -0.25) is 10.1 Å². The zero-order chi connectivity index (χ0) is 14.4. The number of carbonyl (C=O) groups excluding carboxylic acids is 1. The monoisotopic (exact) mass is 272 g/mol. The van der Waals surface area contributed by atoms with Crippen molar-refractivity contribution >= 4 is 17.5 Å². The molecule has 0 fully saturated rings. The van der Waals surface area contributed by atoms with Gasteiger partial charge in [0.2, 0.25) is 11.9 Å². The third-order valence-electron chi connectivity index (χ3n) is 2.76. The summed E-state index contributed by atoms with van der Waals surface area (Å²) in [4.78, 5) is 16.1. The Balaban J connectivity index is 1.87. The van der Waals surface area contributed by atoms with Gasteiger partial charge in [0, 0.05) is 24.6 Å². The molecule has 1 aromatic carbocycles. The molecule has 5 heteroatoms. The van der Waals surface area contributed by atoms with Gasteiger partial charge in [-0.05, 0) is 18.1 Å². The molecule has 1 aromatic heterocycles. The first-order chi connectivity index (χ1) is 9.65. The number of hydrogen-bond donors (Lipinski definition) is 2. The Bertz CT molecular complexity index is 548. The Morgan fingerprint density at radius 3 is 2.75 bits per heavy atom. The van der Waals surface area contributed by atoms with E-state index in [1.165, 1.54) is 0 Å². The lowest BCUT2D eigenvalue weighted by Crippen LogP contribution is -2.24. The van der Waals surface area contributed by atoms with Gasteiger partial charge in [-0.15, -0.1) is 0 Å². The smallest absolute Gasteiger partial charge is 0.245 e. The fourth-order valence-electron chi connectivity index (χ4n) is 1.88. The zero-order valence-corrected chi connectivity index (χ0v) is 11.8. The maximum Gasteiger partial charge on any atom is 0.245 e. The highest BCUT2D eigenvalue weighted by Crippen LogP contribution is 2.08. The number of carbonyl (C=O) groups is 1. The molecular weight excluding hydrogens is 252 g/mol. The summed E-state index contributed by atoms with van der Waals surface area (Å²) in [6, 6.07) is 9.64.